The average Bonchev–Trinajstić information content (AvgIpc) is 2.65. The number of aromatic nitrogens is 3. The van der Waals surface area contributed by atoms with E-state index in [0.717, 1.165) is 5.56 Å². The van der Waals surface area contributed by atoms with Crippen molar-refractivity contribution in [2.75, 3.05) is 5.73 Å². The van der Waals surface area contributed by atoms with Gasteiger partial charge >= 0.3 is 0 Å². The molecule has 19 heavy (non-hydrogen) atoms. The molecular weight excluding hydrogens is 267 g/mol. The molecule has 0 bridgehead atoms. The number of nitrogens with zero attached hydrogens (tertiary/aromatic N) is 3. The topological polar surface area (TPSA) is 56.7 Å². The van der Waals surface area contributed by atoms with E-state index in [2.05, 4.69) is 9.97 Å². The van der Waals surface area contributed by atoms with Crippen LogP contribution in [0.2, 0.25) is 5.02 Å². The minimum absolute atomic E-state index is 0.258. The minimum atomic E-state index is -0.402. The Labute approximate surface area is 113 Å². The first kappa shape index (κ1) is 11.9. The van der Waals surface area contributed by atoms with Crippen molar-refractivity contribution in [2.24, 2.45) is 0 Å². The Morgan fingerprint density at radius 2 is 2.11 bits per heavy atom. The summed E-state index contributed by atoms with van der Waals surface area (Å²) in [4.78, 5) is 8.55. The highest BCUT2D eigenvalue weighted by molar-refractivity contribution is 6.32. The van der Waals surface area contributed by atoms with Gasteiger partial charge in [0.15, 0.2) is 5.65 Å². The maximum Gasteiger partial charge on any atom is 0.207 e. The number of halogens is 2. The fourth-order valence-corrected chi connectivity index (χ4v) is 2.23. The number of nitrogen functional groups attached to an aromatic ring is 1. The first-order chi connectivity index (χ1) is 9.06. The standard InChI is InChI=1S/C13H10ClFN4/c1-7-4-10-12(17-6-7)19(13(16)18-10)11-3-2-8(15)5-9(11)14/h2-6H,1H3,(H2,16,18). The number of pyridine rings is 1. The van der Waals surface area contributed by atoms with Gasteiger partial charge in [0.25, 0.3) is 0 Å². The van der Waals surface area contributed by atoms with Gasteiger partial charge in [-0.05, 0) is 36.8 Å². The summed E-state index contributed by atoms with van der Waals surface area (Å²) in [5, 5.41) is 0.258. The molecule has 6 heteroatoms. The quantitative estimate of drug-likeness (QED) is 0.743. The number of nitrogens with two attached hydrogens (primary N) is 1. The molecule has 0 saturated carbocycles. The molecular formula is C13H10ClFN4. The van der Waals surface area contributed by atoms with Crippen LogP contribution in [0.3, 0.4) is 0 Å². The fraction of sp³-hybridized carbons (Fsp3) is 0.0769. The van der Waals surface area contributed by atoms with E-state index in [1.807, 2.05) is 13.0 Å². The van der Waals surface area contributed by atoms with E-state index in [0.29, 0.717) is 16.9 Å². The van der Waals surface area contributed by atoms with Crippen molar-refractivity contribution in [3.8, 4) is 5.69 Å². The largest absolute Gasteiger partial charge is 0.369 e. The molecule has 0 amide bonds. The van der Waals surface area contributed by atoms with Crippen molar-refractivity contribution in [3.63, 3.8) is 0 Å². The van der Waals surface area contributed by atoms with E-state index < -0.39 is 5.82 Å². The van der Waals surface area contributed by atoms with E-state index in [-0.39, 0.29) is 11.0 Å². The third-order valence-electron chi connectivity index (χ3n) is 2.81. The van der Waals surface area contributed by atoms with Gasteiger partial charge < -0.3 is 5.73 Å². The van der Waals surface area contributed by atoms with Gasteiger partial charge in [0.2, 0.25) is 5.95 Å². The lowest BCUT2D eigenvalue weighted by Crippen LogP contribution is -2.02. The first-order valence-corrected chi connectivity index (χ1v) is 6.00. The lowest BCUT2D eigenvalue weighted by molar-refractivity contribution is 0.627. The van der Waals surface area contributed by atoms with Crippen LogP contribution in [0.5, 0.6) is 0 Å². The van der Waals surface area contributed by atoms with Gasteiger partial charge in [-0.15, -0.1) is 0 Å². The van der Waals surface area contributed by atoms with Crippen molar-refractivity contribution in [1.29, 1.82) is 0 Å². The number of hydrogen-bond donors (Lipinski definition) is 1. The Balaban J connectivity index is 2.33. The molecule has 4 nitrogen and oxygen atoms in total. The molecule has 0 saturated heterocycles. The molecule has 0 atom stereocenters. The van der Waals surface area contributed by atoms with Crippen LogP contribution in [0.1, 0.15) is 5.56 Å². The van der Waals surface area contributed by atoms with Crippen LogP contribution in [-0.2, 0) is 0 Å². The van der Waals surface area contributed by atoms with Gasteiger partial charge in [0, 0.05) is 6.20 Å². The highest BCUT2D eigenvalue weighted by Crippen LogP contribution is 2.27. The molecule has 0 spiro atoms. The summed E-state index contributed by atoms with van der Waals surface area (Å²) in [5.41, 5.74) is 8.72. The summed E-state index contributed by atoms with van der Waals surface area (Å²) in [7, 11) is 0. The zero-order valence-corrected chi connectivity index (χ0v) is 10.8. The molecule has 2 N–H and O–H groups in total. The summed E-state index contributed by atoms with van der Waals surface area (Å²) in [5.74, 6) is -0.137. The Hall–Kier alpha value is -2.14. The number of imidazole rings is 1. The van der Waals surface area contributed by atoms with Crippen LogP contribution in [0.15, 0.2) is 30.5 Å². The van der Waals surface area contributed by atoms with Gasteiger partial charge in [-0.25, -0.2) is 14.4 Å². The van der Waals surface area contributed by atoms with Crippen molar-refractivity contribution in [3.05, 3.63) is 46.9 Å². The first-order valence-electron chi connectivity index (χ1n) is 5.62. The summed E-state index contributed by atoms with van der Waals surface area (Å²) in [6.45, 7) is 1.92. The highest BCUT2D eigenvalue weighted by Gasteiger charge is 2.14. The fourth-order valence-electron chi connectivity index (χ4n) is 1.98. The number of anilines is 1. The van der Waals surface area contributed by atoms with Crippen molar-refractivity contribution in [1.82, 2.24) is 14.5 Å². The predicted molar refractivity (Wildman–Crippen MR) is 73.0 cm³/mol. The SMILES string of the molecule is Cc1cnc2c(c1)nc(N)n2-c1ccc(F)cc1Cl. The van der Waals surface area contributed by atoms with Gasteiger partial charge in [-0.1, -0.05) is 11.6 Å². The Kier molecular flexibility index (Phi) is 2.64. The summed E-state index contributed by atoms with van der Waals surface area (Å²) < 4.78 is 14.7. The van der Waals surface area contributed by atoms with E-state index in [9.17, 15) is 4.39 Å². The highest BCUT2D eigenvalue weighted by atomic mass is 35.5. The number of rotatable bonds is 1. The van der Waals surface area contributed by atoms with Crippen molar-refractivity contribution < 1.29 is 4.39 Å². The smallest absolute Gasteiger partial charge is 0.207 e. The molecule has 0 radical (unpaired) electrons. The maximum absolute atomic E-state index is 13.1. The third kappa shape index (κ3) is 1.92. The van der Waals surface area contributed by atoms with Crippen molar-refractivity contribution in [2.45, 2.75) is 6.92 Å². The van der Waals surface area contributed by atoms with Crippen LogP contribution in [0.25, 0.3) is 16.9 Å². The number of aryl methyl sites for hydroxylation is 1. The lowest BCUT2D eigenvalue weighted by Gasteiger charge is -2.08. The van der Waals surface area contributed by atoms with E-state index in [1.165, 1.54) is 12.1 Å². The average molecular weight is 277 g/mol. The molecule has 0 aliphatic carbocycles. The van der Waals surface area contributed by atoms with Crippen LogP contribution >= 0.6 is 11.6 Å². The van der Waals surface area contributed by atoms with Crippen LogP contribution in [0, 0.1) is 12.7 Å². The van der Waals surface area contributed by atoms with Gasteiger partial charge in [-0.3, -0.25) is 4.57 Å². The Bertz CT molecular complexity index is 782. The molecule has 3 rings (SSSR count). The maximum atomic E-state index is 13.1. The monoisotopic (exact) mass is 276 g/mol. The molecule has 2 heterocycles. The summed E-state index contributed by atoms with van der Waals surface area (Å²) >= 11 is 6.05. The molecule has 2 aromatic heterocycles. The van der Waals surface area contributed by atoms with Crippen molar-refractivity contribution >= 4 is 28.7 Å². The minimum Gasteiger partial charge on any atom is -0.369 e. The molecule has 0 aliphatic heterocycles. The normalized spacial score (nSPS) is 11.1. The number of hydrogen-bond acceptors (Lipinski definition) is 3. The van der Waals surface area contributed by atoms with E-state index in [4.69, 9.17) is 17.3 Å². The predicted octanol–water partition coefficient (Wildman–Crippen LogP) is 3.10. The molecule has 3 aromatic rings. The second kappa shape index (κ2) is 4.20. The number of benzene rings is 1. The second-order valence-corrected chi connectivity index (χ2v) is 4.66. The van der Waals surface area contributed by atoms with Crippen LogP contribution in [0.4, 0.5) is 10.3 Å². The van der Waals surface area contributed by atoms with Crippen LogP contribution in [-0.4, -0.2) is 14.5 Å². The molecule has 96 valence electrons. The zero-order chi connectivity index (χ0) is 13.6. The van der Waals surface area contributed by atoms with Gasteiger partial charge in [0.1, 0.15) is 11.3 Å². The van der Waals surface area contributed by atoms with Gasteiger partial charge in [0.05, 0.1) is 10.7 Å². The third-order valence-corrected chi connectivity index (χ3v) is 3.11. The number of fused-ring (bicyclic) bond motifs is 1. The van der Waals surface area contributed by atoms with Crippen LogP contribution < -0.4 is 5.73 Å². The molecule has 0 aliphatic rings. The molecule has 1 aromatic carbocycles. The Morgan fingerprint density at radius 3 is 2.84 bits per heavy atom. The summed E-state index contributed by atoms with van der Waals surface area (Å²) in [6, 6.07) is 5.99. The van der Waals surface area contributed by atoms with Gasteiger partial charge in [-0.2, -0.15) is 0 Å². The van der Waals surface area contributed by atoms with E-state index >= 15 is 0 Å². The molecule has 0 unspecified atom stereocenters. The summed E-state index contributed by atoms with van der Waals surface area (Å²) in [6.07, 6.45) is 1.72. The lowest BCUT2D eigenvalue weighted by atomic mass is 10.3. The zero-order valence-electron chi connectivity index (χ0n) is 10.1. The molecule has 0 fully saturated rings. The Morgan fingerprint density at radius 1 is 1.32 bits per heavy atom. The second-order valence-electron chi connectivity index (χ2n) is 4.26. The van der Waals surface area contributed by atoms with E-state index in [1.54, 1.807) is 16.8 Å².